The summed E-state index contributed by atoms with van der Waals surface area (Å²) >= 11 is 11.6. The molecule has 1 aromatic rings. The lowest BCUT2D eigenvalue weighted by Crippen LogP contribution is -2.09. The maximum Gasteiger partial charge on any atom is 0.213 e. The lowest BCUT2D eigenvalue weighted by atomic mass is 10.3. The number of rotatable bonds is 9. The number of hydrogen-bond donors (Lipinski definition) is 0. The minimum atomic E-state index is 0.339. The maximum atomic E-state index is 5.89. The highest BCUT2D eigenvalue weighted by Crippen LogP contribution is 2.20. The Kier molecular flexibility index (Phi) is 8.09. The average Bonchev–Trinajstić information content (AvgIpc) is 2.39. The number of aromatic nitrogens is 1. The molecule has 0 aliphatic carbocycles. The highest BCUT2D eigenvalue weighted by Gasteiger charge is 2.03. The van der Waals surface area contributed by atoms with Crippen molar-refractivity contribution in [2.45, 2.75) is 12.3 Å². The van der Waals surface area contributed by atoms with Gasteiger partial charge in [0.05, 0.1) is 11.6 Å². The normalized spacial score (nSPS) is 10.6. The van der Waals surface area contributed by atoms with Crippen LogP contribution in [0.1, 0.15) is 12.0 Å². The number of methoxy groups -OCH3 is 1. The first-order valence-corrected chi connectivity index (χ1v) is 6.59. The number of nitrogens with zero attached hydrogens (tertiary/aromatic N) is 1. The summed E-state index contributed by atoms with van der Waals surface area (Å²) in [6.45, 7) is 2.34. The molecule has 102 valence electrons. The molecule has 1 aromatic heterocycles. The van der Waals surface area contributed by atoms with Gasteiger partial charge in [-0.15, -0.1) is 11.6 Å². The van der Waals surface area contributed by atoms with Gasteiger partial charge in [-0.3, -0.25) is 0 Å². The summed E-state index contributed by atoms with van der Waals surface area (Å²) in [6.07, 6.45) is 2.42. The zero-order valence-corrected chi connectivity index (χ0v) is 11.8. The fourth-order valence-electron chi connectivity index (χ4n) is 1.25. The Morgan fingerprint density at radius 3 is 2.78 bits per heavy atom. The van der Waals surface area contributed by atoms with Gasteiger partial charge in [-0.1, -0.05) is 11.6 Å². The molecule has 1 heterocycles. The van der Waals surface area contributed by atoms with Gasteiger partial charge in [-0.25, -0.2) is 4.98 Å². The summed E-state index contributed by atoms with van der Waals surface area (Å²) in [4.78, 5) is 4.05. The third-order valence-electron chi connectivity index (χ3n) is 2.17. The molecule has 18 heavy (non-hydrogen) atoms. The van der Waals surface area contributed by atoms with Crippen molar-refractivity contribution in [3.05, 3.63) is 22.8 Å². The van der Waals surface area contributed by atoms with Crippen LogP contribution in [-0.2, 0) is 15.4 Å². The van der Waals surface area contributed by atoms with E-state index in [1.807, 2.05) is 0 Å². The predicted octanol–water partition coefficient (Wildman–Crippen LogP) is 2.91. The first kappa shape index (κ1) is 15.5. The van der Waals surface area contributed by atoms with Crippen molar-refractivity contribution < 1.29 is 14.2 Å². The van der Waals surface area contributed by atoms with Gasteiger partial charge in [0.2, 0.25) is 5.88 Å². The van der Waals surface area contributed by atoms with Crippen LogP contribution in [0.15, 0.2) is 12.3 Å². The molecule has 0 saturated heterocycles. The Labute approximate surface area is 117 Å². The van der Waals surface area contributed by atoms with Crippen molar-refractivity contribution in [2.75, 3.05) is 33.5 Å². The fraction of sp³-hybridized carbons (Fsp3) is 0.583. The highest BCUT2D eigenvalue weighted by atomic mass is 35.5. The predicted molar refractivity (Wildman–Crippen MR) is 71.6 cm³/mol. The Hall–Kier alpha value is -0.550. The third kappa shape index (κ3) is 5.87. The average molecular weight is 294 g/mol. The largest absolute Gasteiger partial charge is 0.475 e. The minimum absolute atomic E-state index is 0.339. The van der Waals surface area contributed by atoms with Gasteiger partial charge in [0.25, 0.3) is 0 Å². The Bertz CT molecular complexity index is 350. The lowest BCUT2D eigenvalue weighted by Gasteiger charge is -2.07. The van der Waals surface area contributed by atoms with E-state index < -0.39 is 0 Å². The SMILES string of the molecule is COCCCOCCOc1cc(CCl)c(Cl)cn1. The quantitative estimate of drug-likeness (QED) is 0.518. The van der Waals surface area contributed by atoms with Crippen LogP contribution >= 0.6 is 23.2 Å². The van der Waals surface area contributed by atoms with Crippen molar-refractivity contribution >= 4 is 23.2 Å². The summed E-state index contributed by atoms with van der Waals surface area (Å²) in [5.41, 5.74) is 0.810. The molecular formula is C12H17Cl2NO3. The van der Waals surface area contributed by atoms with E-state index in [-0.39, 0.29) is 0 Å². The maximum absolute atomic E-state index is 5.89. The second-order valence-corrected chi connectivity index (χ2v) is 4.23. The molecule has 0 radical (unpaired) electrons. The van der Waals surface area contributed by atoms with E-state index in [1.54, 1.807) is 13.2 Å². The standard InChI is InChI=1S/C12H17Cl2NO3/c1-16-3-2-4-17-5-6-18-12-7-10(8-13)11(14)9-15-12/h7,9H,2-6,8H2,1H3. The molecule has 0 aliphatic rings. The summed E-state index contributed by atoms with van der Waals surface area (Å²) in [7, 11) is 1.67. The monoisotopic (exact) mass is 293 g/mol. The van der Waals surface area contributed by atoms with Crippen LogP contribution in [0.4, 0.5) is 0 Å². The van der Waals surface area contributed by atoms with Crippen LogP contribution in [0, 0.1) is 0 Å². The van der Waals surface area contributed by atoms with E-state index in [0.717, 1.165) is 12.0 Å². The number of halogens is 2. The van der Waals surface area contributed by atoms with Gasteiger partial charge in [0.1, 0.15) is 6.61 Å². The molecule has 0 unspecified atom stereocenters. The second-order valence-electron chi connectivity index (χ2n) is 3.55. The van der Waals surface area contributed by atoms with Gasteiger partial charge < -0.3 is 14.2 Å². The van der Waals surface area contributed by atoms with Crippen LogP contribution in [0.2, 0.25) is 5.02 Å². The van der Waals surface area contributed by atoms with E-state index in [9.17, 15) is 0 Å². The van der Waals surface area contributed by atoms with Crippen LogP contribution in [0.5, 0.6) is 5.88 Å². The van der Waals surface area contributed by atoms with E-state index >= 15 is 0 Å². The Morgan fingerprint density at radius 1 is 1.22 bits per heavy atom. The zero-order valence-electron chi connectivity index (χ0n) is 10.3. The molecule has 0 N–H and O–H groups in total. The summed E-state index contributed by atoms with van der Waals surface area (Å²) in [5, 5.41) is 0.549. The number of ether oxygens (including phenoxy) is 3. The van der Waals surface area contributed by atoms with Gasteiger partial charge in [-0.2, -0.15) is 0 Å². The van der Waals surface area contributed by atoms with Crippen LogP contribution in [0.3, 0.4) is 0 Å². The molecule has 0 saturated carbocycles. The molecule has 6 heteroatoms. The minimum Gasteiger partial charge on any atom is -0.475 e. The van der Waals surface area contributed by atoms with E-state index in [4.69, 9.17) is 37.4 Å². The lowest BCUT2D eigenvalue weighted by molar-refractivity contribution is 0.0795. The van der Waals surface area contributed by atoms with Crippen LogP contribution < -0.4 is 4.74 Å². The van der Waals surface area contributed by atoms with Crippen LogP contribution in [-0.4, -0.2) is 38.5 Å². The second kappa shape index (κ2) is 9.39. The molecule has 0 spiro atoms. The highest BCUT2D eigenvalue weighted by molar-refractivity contribution is 6.32. The smallest absolute Gasteiger partial charge is 0.213 e. The first-order chi connectivity index (χ1) is 8.77. The molecule has 0 aromatic carbocycles. The van der Waals surface area contributed by atoms with Crippen molar-refractivity contribution in [3.63, 3.8) is 0 Å². The number of alkyl halides is 1. The van der Waals surface area contributed by atoms with E-state index in [2.05, 4.69) is 4.98 Å². The Balaban J connectivity index is 2.19. The summed E-state index contributed by atoms with van der Waals surface area (Å²) in [6, 6.07) is 1.74. The van der Waals surface area contributed by atoms with E-state index in [0.29, 0.717) is 43.2 Å². The number of pyridine rings is 1. The molecule has 1 rings (SSSR count). The van der Waals surface area contributed by atoms with Gasteiger partial charge in [0, 0.05) is 38.5 Å². The molecular weight excluding hydrogens is 277 g/mol. The van der Waals surface area contributed by atoms with Crippen molar-refractivity contribution in [3.8, 4) is 5.88 Å². The molecule has 4 nitrogen and oxygen atoms in total. The van der Waals surface area contributed by atoms with E-state index in [1.165, 1.54) is 6.20 Å². The van der Waals surface area contributed by atoms with Gasteiger partial charge in [-0.05, 0) is 12.0 Å². The summed E-state index contributed by atoms with van der Waals surface area (Å²) in [5.74, 6) is 0.848. The molecule has 0 fully saturated rings. The molecule has 0 aliphatic heterocycles. The number of hydrogen-bond acceptors (Lipinski definition) is 4. The molecule has 0 amide bonds. The zero-order chi connectivity index (χ0) is 13.2. The third-order valence-corrected chi connectivity index (χ3v) is 2.80. The molecule has 0 bridgehead atoms. The first-order valence-electron chi connectivity index (χ1n) is 5.67. The topological polar surface area (TPSA) is 40.6 Å². The fourth-order valence-corrected chi connectivity index (χ4v) is 1.71. The van der Waals surface area contributed by atoms with Crippen LogP contribution in [0.25, 0.3) is 0 Å². The molecule has 0 atom stereocenters. The van der Waals surface area contributed by atoms with Crippen molar-refractivity contribution in [2.24, 2.45) is 0 Å². The van der Waals surface area contributed by atoms with Gasteiger partial charge >= 0.3 is 0 Å². The van der Waals surface area contributed by atoms with Crippen molar-refractivity contribution in [1.29, 1.82) is 0 Å². The van der Waals surface area contributed by atoms with Gasteiger partial charge in [0.15, 0.2) is 0 Å². The van der Waals surface area contributed by atoms with Crippen molar-refractivity contribution in [1.82, 2.24) is 4.98 Å². The Morgan fingerprint density at radius 2 is 2.06 bits per heavy atom. The summed E-state index contributed by atoms with van der Waals surface area (Å²) < 4.78 is 15.7.